The summed E-state index contributed by atoms with van der Waals surface area (Å²) in [7, 11) is 0. The molecule has 0 spiro atoms. The van der Waals surface area contributed by atoms with E-state index >= 15 is 0 Å². The minimum absolute atomic E-state index is 0.740. The summed E-state index contributed by atoms with van der Waals surface area (Å²) in [6.45, 7) is 5.26. The number of aromatic nitrogens is 1. The summed E-state index contributed by atoms with van der Waals surface area (Å²) in [4.78, 5) is 7.21. The lowest BCUT2D eigenvalue weighted by Gasteiger charge is -2.30. The zero-order valence-electron chi connectivity index (χ0n) is 10.8. The quantitative estimate of drug-likeness (QED) is 0.927. The first kappa shape index (κ1) is 12.4. The van der Waals surface area contributed by atoms with Gasteiger partial charge in [-0.1, -0.05) is 6.92 Å². The van der Waals surface area contributed by atoms with E-state index in [0.717, 1.165) is 29.5 Å². The second kappa shape index (κ2) is 5.17. The van der Waals surface area contributed by atoms with Crippen molar-refractivity contribution in [3.8, 4) is 0 Å². The summed E-state index contributed by atoms with van der Waals surface area (Å²) in [5, 5.41) is 3.41. The van der Waals surface area contributed by atoms with Crippen molar-refractivity contribution in [2.45, 2.75) is 38.8 Å². The zero-order valence-corrected chi connectivity index (χ0v) is 12.4. The van der Waals surface area contributed by atoms with Crippen LogP contribution in [0.2, 0.25) is 0 Å². The molecule has 3 nitrogen and oxygen atoms in total. The van der Waals surface area contributed by atoms with Crippen LogP contribution < -0.4 is 10.2 Å². The maximum Gasteiger partial charge on any atom is 0.133 e. The predicted molar refractivity (Wildman–Crippen MR) is 77.8 cm³/mol. The van der Waals surface area contributed by atoms with Crippen LogP contribution >= 0.6 is 15.9 Å². The number of hydrogen-bond donors (Lipinski definition) is 1. The van der Waals surface area contributed by atoms with E-state index in [4.69, 9.17) is 0 Å². The third-order valence-electron chi connectivity index (χ3n) is 4.16. The molecule has 1 saturated carbocycles. The van der Waals surface area contributed by atoms with Crippen molar-refractivity contribution in [3.05, 3.63) is 22.3 Å². The summed E-state index contributed by atoms with van der Waals surface area (Å²) < 4.78 is 1.07. The number of halogens is 1. The summed E-state index contributed by atoms with van der Waals surface area (Å²) in [5.41, 5.74) is 1.32. The van der Waals surface area contributed by atoms with Gasteiger partial charge in [-0.05, 0) is 53.7 Å². The molecule has 0 amide bonds. The van der Waals surface area contributed by atoms with Crippen molar-refractivity contribution in [1.82, 2.24) is 10.3 Å². The fraction of sp³-hybridized carbons (Fsp3) is 0.643. The molecule has 2 aliphatic rings. The molecule has 1 aromatic rings. The van der Waals surface area contributed by atoms with E-state index in [1.807, 2.05) is 6.20 Å². The Labute approximate surface area is 117 Å². The number of anilines is 1. The van der Waals surface area contributed by atoms with Gasteiger partial charge in [-0.15, -0.1) is 0 Å². The normalized spacial score (nSPS) is 26.0. The molecule has 4 heteroatoms. The highest BCUT2D eigenvalue weighted by atomic mass is 79.9. The van der Waals surface area contributed by atoms with Crippen LogP contribution in [0.1, 0.15) is 31.7 Å². The third-order valence-corrected chi connectivity index (χ3v) is 4.59. The Balaban J connectivity index is 1.86. The van der Waals surface area contributed by atoms with E-state index in [1.165, 1.54) is 37.2 Å². The highest BCUT2D eigenvalue weighted by molar-refractivity contribution is 9.10. The first-order valence-corrected chi connectivity index (χ1v) is 7.69. The summed E-state index contributed by atoms with van der Waals surface area (Å²) in [6, 6.07) is 2.95. The minimum atomic E-state index is 0.740. The predicted octanol–water partition coefficient (Wildman–Crippen LogP) is 2.94. The molecule has 1 aliphatic carbocycles. The number of rotatable bonds is 4. The molecule has 2 atom stereocenters. The molecule has 2 unspecified atom stereocenters. The van der Waals surface area contributed by atoms with Crippen molar-refractivity contribution in [2.24, 2.45) is 5.92 Å². The fourth-order valence-corrected chi connectivity index (χ4v) is 3.69. The largest absolute Gasteiger partial charge is 0.353 e. The number of hydrogen-bond acceptors (Lipinski definition) is 3. The lowest BCUT2D eigenvalue weighted by Crippen LogP contribution is -2.34. The van der Waals surface area contributed by atoms with Crippen LogP contribution in [0, 0.1) is 5.92 Å². The first-order chi connectivity index (χ1) is 8.78. The van der Waals surface area contributed by atoms with Crippen LogP contribution in [0.25, 0.3) is 0 Å². The van der Waals surface area contributed by atoms with Crippen molar-refractivity contribution < 1.29 is 0 Å². The van der Waals surface area contributed by atoms with E-state index in [-0.39, 0.29) is 0 Å². The van der Waals surface area contributed by atoms with E-state index in [1.54, 1.807) is 0 Å². The average molecular weight is 310 g/mol. The van der Waals surface area contributed by atoms with Crippen LogP contribution in [0.3, 0.4) is 0 Å². The molecule has 1 aromatic heterocycles. The molecule has 2 fully saturated rings. The van der Waals surface area contributed by atoms with Gasteiger partial charge in [0.25, 0.3) is 0 Å². The molecule has 2 heterocycles. The van der Waals surface area contributed by atoms with Gasteiger partial charge in [0, 0.05) is 35.4 Å². The summed E-state index contributed by atoms with van der Waals surface area (Å²) in [5.74, 6) is 2.11. The maximum absolute atomic E-state index is 4.67. The van der Waals surface area contributed by atoms with E-state index < -0.39 is 0 Å². The Hall–Kier alpha value is -0.610. The van der Waals surface area contributed by atoms with Crippen molar-refractivity contribution in [1.29, 1.82) is 0 Å². The van der Waals surface area contributed by atoms with Gasteiger partial charge in [0.15, 0.2) is 0 Å². The first-order valence-electron chi connectivity index (χ1n) is 6.89. The number of fused-ring (bicyclic) bond motifs is 2. The topological polar surface area (TPSA) is 28.2 Å². The molecular weight excluding hydrogens is 290 g/mol. The SMILES string of the molecule is CCNCc1cc(Br)cnc1N1CC2CCC1C2. The average Bonchev–Trinajstić information content (AvgIpc) is 2.98. The third kappa shape index (κ3) is 2.28. The molecule has 98 valence electrons. The molecule has 1 aliphatic heterocycles. The highest BCUT2D eigenvalue weighted by Crippen LogP contribution is 2.40. The molecule has 18 heavy (non-hydrogen) atoms. The van der Waals surface area contributed by atoms with Crippen molar-refractivity contribution >= 4 is 21.7 Å². The molecule has 0 radical (unpaired) electrons. The van der Waals surface area contributed by atoms with Gasteiger partial charge in [-0.3, -0.25) is 0 Å². The second-order valence-corrected chi connectivity index (χ2v) is 6.32. The lowest BCUT2D eigenvalue weighted by molar-refractivity contribution is 0.548. The Bertz CT molecular complexity index is 435. The number of nitrogens with one attached hydrogen (secondary N) is 1. The van der Waals surface area contributed by atoms with Gasteiger partial charge in [0.1, 0.15) is 5.82 Å². The monoisotopic (exact) mass is 309 g/mol. The Morgan fingerprint density at radius 1 is 1.50 bits per heavy atom. The smallest absolute Gasteiger partial charge is 0.133 e. The van der Waals surface area contributed by atoms with Crippen molar-refractivity contribution in [3.63, 3.8) is 0 Å². The van der Waals surface area contributed by atoms with Gasteiger partial charge in [0.05, 0.1) is 0 Å². The van der Waals surface area contributed by atoms with Crippen LogP contribution in [0.4, 0.5) is 5.82 Å². The number of nitrogens with zero attached hydrogens (tertiary/aromatic N) is 2. The Kier molecular flexibility index (Phi) is 3.57. The van der Waals surface area contributed by atoms with Crippen LogP contribution in [-0.2, 0) is 6.54 Å². The van der Waals surface area contributed by atoms with Crippen molar-refractivity contribution in [2.75, 3.05) is 18.0 Å². The Morgan fingerprint density at radius 2 is 2.39 bits per heavy atom. The lowest BCUT2D eigenvalue weighted by atomic mass is 10.1. The second-order valence-electron chi connectivity index (χ2n) is 5.40. The molecule has 1 saturated heterocycles. The van der Waals surface area contributed by atoms with E-state index in [9.17, 15) is 0 Å². The Morgan fingerprint density at radius 3 is 3.06 bits per heavy atom. The molecule has 1 N–H and O–H groups in total. The molecular formula is C14H20BrN3. The zero-order chi connectivity index (χ0) is 12.5. The van der Waals surface area contributed by atoms with Crippen LogP contribution in [0.15, 0.2) is 16.7 Å². The van der Waals surface area contributed by atoms with Crippen LogP contribution in [0.5, 0.6) is 0 Å². The maximum atomic E-state index is 4.67. The molecule has 3 rings (SSSR count). The minimum Gasteiger partial charge on any atom is -0.353 e. The fourth-order valence-electron chi connectivity index (χ4n) is 3.31. The highest BCUT2D eigenvalue weighted by Gasteiger charge is 2.39. The van der Waals surface area contributed by atoms with Crippen LogP contribution in [-0.4, -0.2) is 24.1 Å². The van der Waals surface area contributed by atoms with Gasteiger partial charge in [-0.25, -0.2) is 4.98 Å². The molecule has 0 aromatic carbocycles. The molecule has 2 bridgehead atoms. The van der Waals surface area contributed by atoms with Gasteiger partial charge < -0.3 is 10.2 Å². The van der Waals surface area contributed by atoms with Gasteiger partial charge in [0.2, 0.25) is 0 Å². The standard InChI is InChI=1S/C14H20BrN3/c1-2-16-7-11-6-12(15)8-17-14(11)18-9-10-3-4-13(18)5-10/h6,8,10,13,16H,2-5,7,9H2,1H3. The van der Waals surface area contributed by atoms with E-state index in [2.05, 4.69) is 44.1 Å². The van der Waals surface area contributed by atoms with Gasteiger partial charge >= 0.3 is 0 Å². The van der Waals surface area contributed by atoms with E-state index in [0.29, 0.717) is 0 Å². The number of piperidine rings is 1. The number of pyridine rings is 1. The van der Waals surface area contributed by atoms with Gasteiger partial charge in [-0.2, -0.15) is 0 Å². The summed E-state index contributed by atoms with van der Waals surface area (Å²) >= 11 is 3.53. The summed E-state index contributed by atoms with van der Waals surface area (Å²) in [6.07, 6.45) is 6.07.